The van der Waals surface area contributed by atoms with Crippen molar-refractivity contribution >= 4 is 33.7 Å². The number of nitrogen functional groups attached to an aromatic ring is 1. The number of anilines is 2. The number of nitrogens with one attached hydrogen (secondary N) is 2. The first-order valence-electron chi connectivity index (χ1n) is 7.92. The fourth-order valence-corrected chi connectivity index (χ4v) is 2.91. The van der Waals surface area contributed by atoms with E-state index in [2.05, 4.69) is 32.4 Å². The summed E-state index contributed by atoms with van der Waals surface area (Å²) in [5, 5.41) is 12.8. The van der Waals surface area contributed by atoms with Gasteiger partial charge in [-0.25, -0.2) is 0 Å². The van der Waals surface area contributed by atoms with E-state index in [1.165, 1.54) is 0 Å². The molecular weight excluding hydrogens is 300 g/mol. The zero-order chi connectivity index (χ0) is 16.5. The number of benzene rings is 2. The largest absolute Gasteiger partial charge is 0.398 e. The molecule has 2 heterocycles. The fourth-order valence-electron chi connectivity index (χ4n) is 2.91. The van der Waals surface area contributed by atoms with Crippen LogP contribution in [0.5, 0.6) is 0 Å². The lowest BCUT2D eigenvalue weighted by Gasteiger charge is -2.14. The molecule has 120 valence electrons. The van der Waals surface area contributed by atoms with Crippen molar-refractivity contribution in [3.8, 4) is 0 Å². The first-order chi connectivity index (χ1) is 11.7. The zero-order valence-electron chi connectivity index (χ0n) is 13.3. The van der Waals surface area contributed by atoms with Gasteiger partial charge in [0.1, 0.15) is 5.52 Å². The lowest BCUT2D eigenvalue weighted by molar-refractivity contribution is 0.796. The number of hydrogen-bond acceptors (Lipinski definition) is 5. The van der Waals surface area contributed by atoms with Crippen LogP contribution in [-0.4, -0.2) is 26.7 Å². The van der Waals surface area contributed by atoms with Gasteiger partial charge in [-0.3, -0.25) is 0 Å². The van der Waals surface area contributed by atoms with Gasteiger partial charge in [0.15, 0.2) is 5.65 Å². The van der Waals surface area contributed by atoms with Crippen LogP contribution in [0.2, 0.25) is 0 Å². The topological polar surface area (TPSA) is 92.5 Å². The van der Waals surface area contributed by atoms with E-state index in [9.17, 15) is 0 Å². The molecule has 0 saturated carbocycles. The first-order valence-corrected chi connectivity index (χ1v) is 7.92. The highest BCUT2D eigenvalue weighted by atomic mass is 15.2. The third-order valence-corrected chi connectivity index (χ3v) is 4.22. The van der Waals surface area contributed by atoms with Gasteiger partial charge in [0, 0.05) is 29.1 Å². The Bertz CT molecular complexity index is 1010. The highest BCUT2D eigenvalue weighted by molar-refractivity contribution is 6.03. The van der Waals surface area contributed by atoms with E-state index in [1.807, 2.05) is 48.5 Å². The Morgan fingerprint density at radius 2 is 1.88 bits per heavy atom. The van der Waals surface area contributed by atoms with E-state index in [0.29, 0.717) is 12.5 Å². The van der Waals surface area contributed by atoms with Crippen molar-refractivity contribution in [2.75, 3.05) is 17.6 Å². The molecule has 0 aliphatic carbocycles. The van der Waals surface area contributed by atoms with Gasteiger partial charge >= 0.3 is 0 Å². The minimum Gasteiger partial charge on any atom is -0.398 e. The van der Waals surface area contributed by atoms with Crippen molar-refractivity contribution in [2.24, 2.45) is 0 Å². The van der Waals surface area contributed by atoms with Crippen molar-refractivity contribution in [3.63, 3.8) is 0 Å². The molecule has 2 aromatic carbocycles. The molecule has 4 rings (SSSR count). The molecule has 0 aliphatic rings. The average Bonchev–Trinajstić information content (AvgIpc) is 2.98. The van der Waals surface area contributed by atoms with Gasteiger partial charge in [-0.2, -0.15) is 4.98 Å². The van der Waals surface area contributed by atoms with E-state index < -0.39 is 0 Å². The molecule has 24 heavy (non-hydrogen) atoms. The van der Waals surface area contributed by atoms with Crippen LogP contribution in [0.25, 0.3) is 22.1 Å². The van der Waals surface area contributed by atoms with Crippen LogP contribution in [0.15, 0.2) is 48.5 Å². The summed E-state index contributed by atoms with van der Waals surface area (Å²) in [6.07, 6.45) is 0. The Morgan fingerprint density at radius 1 is 1.08 bits per heavy atom. The Labute approximate surface area is 139 Å². The molecule has 0 spiro atoms. The smallest absolute Gasteiger partial charge is 0.244 e. The van der Waals surface area contributed by atoms with E-state index in [4.69, 9.17) is 5.73 Å². The second kappa shape index (κ2) is 5.81. The maximum absolute atomic E-state index is 6.03. The van der Waals surface area contributed by atoms with Crippen LogP contribution in [-0.2, 0) is 0 Å². The van der Waals surface area contributed by atoms with Gasteiger partial charge in [-0.15, -0.1) is 10.2 Å². The lowest BCUT2D eigenvalue weighted by Crippen LogP contribution is -2.13. The fraction of sp³-hybridized carbons (Fsp3) is 0.167. The van der Waals surface area contributed by atoms with E-state index >= 15 is 0 Å². The van der Waals surface area contributed by atoms with Crippen molar-refractivity contribution in [2.45, 2.75) is 12.8 Å². The van der Waals surface area contributed by atoms with Crippen LogP contribution >= 0.6 is 0 Å². The molecule has 0 radical (unpaired) electrons. The Hall–Kier alpha value is -3.15. The monoisotopic (exact) mass is 318 g/mol. The normalized spacial score (nSPS) is 12.5. The van der Waals surface area contributed by atoms with E-state index in [0.717, 1.165) is 33.3 Å². The van der Waals surface area contributed by atoms with Gasteiger partial charge in [-0.05, 0) is 17.7 Å². The highest BCUT2D eigenvalue weighted by Gasteiger charge is 2.11. The number of fused-ring (bicyclic) bond motifs is 3. The summed E-state index contributed by atoms with van der Waals surface area (Å²) in [5.74, 6) is 0.753. The Balaban J connectivity index is 1.56. The molecule has 2 aromatic heterocycles. The molecular formula is C18H18N6. The van der Waals surface area contributed by atoms with Crippen LogP contribution < -0.4 is 11.1 Å². The Kier molecular flexibility index (Phi) is 3.49. The minimum atomic E-state index is 0.244. The summed E-state index contributed by atoms with van der Waals surface area (Å²) >= 11 is 0. The molecule has 1 unspecified atom stereocenters. The number of para-hydroxylation sites is 2. The predicted octanol–water partition coefficient (Wildman–Crippen LogP) is 3.30. The second-order valence-corrected chi connectivity index (χ2v) is 5.91. The third kappa shape index (κ3) is 2.52. The van der Waals surface area contributed by atoms with Crippen LogP contribution in [0.3, 0.4) is 0 Å². The number of aromatic nitrogens is 4. The molecule has 0 amide bonds. The number of aromatic amines is 1. The highest BCUT2D eigenvalue weighted by Crippen LogP contribution is 2.23. The maximum atomic E-state index is 6.03. The van der Waals surface area contributed by atoms with Crippen LogP contribution in [0.1, 0.15) is 18.4 Å². The molecule has 1 atom stereocenters. The molecule has 0 fully saturated rings. The number of hydrogen-bond donors (Lipinski definition) is 3. The minimum absolute atomic E-state index is 0.244. The van der Waals surface area contributed by atoms with Gasteiger partial charge in [0.2, 0.25) is 5.95 Å². The van der Waals surface area contributed by atoms with E-state index in [1.54, 1.807) is 0 Å². The second-order valence-electron chi connectivity index (χ2n) is 5.91. The maximum Gasteiger partial charge on any atom is 0.244 e. The van der Waals surface area contributed by atoms with Gasteiger partial charge in [0.25, 0.3) is 0 Å². The lowest BCUT2D eigenvalue weighted by atomic mass is 9.99. The van der Waals surface area contributed by atoms with Crippen LogP contribution in [0, 0.1) is 0 Å². The molecule has 0 aliphatic heterocycles. The van der Waals surface area contributed by atoms with Crippen molar-refractivity contribution < 1.29 is 0 Å². The predicted molar refractivity (Wildman–Crippen MR) is 96.9 cm³/mol. The molecule has 4 aromatic rings. The van der Waals surface area contributed by atoms with Crippen molar-refractivity contribution in [1.82, 2.24) is 20.2 Å². The summed E-state index contributed by atoms with van der Waals surface area (Å²) in [4.78, 5) is 7.80. The number of H-pyrrole nitrogens is 1. The number of rotatable bonds is 4. The quantitative estimate of drug-likeness (QED) is 0.502. The summed E-state index contributed by atoms with van der Waals surface area (Å²) in [7, 11) is 0. The summed E-state index contributed by atoms with van der Waals surface area (Å²) in [6, 6.07) is 15.9. The van der Waals surface area contributed by atoms with Gasteiger partial charge in [-0.1, -0.05) is 43.3 Å². The zero-order valence-corrected chi connectivity index (χ0v) is 13.3. The van der Waals surface area contributed by atoms with Gasteiger partial charge < -0.3 is 16.0 Å². The number of nitrogens with zero attached hydrogens (tertiary/aromatic N) is 3. The summed E-state index contributed by atoms with van der Waals surface area (Å²) in [5.41, 5.74) is 10.5. The Morgan fingerprint density at radius 3 is 2.75 bits per heavy atom. The van der Waals surface area contributed by atoms with Crippen LogP contribution in [0.4, 0.5) is 11.6 Å². The molecule has 6 nitrogen and oxygen atoms in total. The molecule has 0 saturated heterocycles. The molecule has 0 bridgehead atoms. The van der Waals surface area contributed by atoms with E-state index in [-0.39, 0.29) is 5.92 Å². The van der Waals surface area contributed by atoms with Crippen molar-refractivity contribution in [3.05, 3.63) is 54.1 Å². The third-order valence-electron chi connectivity index (χ3n) is 4.22. The van der Waals surface area contributed by atoms with Crippen molar-refractivity contribution in [1.29, 1.82) is 0 Å². The SMILES string of the molecule is CC(CNc1nnc2c(n1)[nH]c1ccccc12)c1ccccc1N. The first kappa shape index (κ1) is 14.4. The summed E-state index contributed by atoms with van der Waals surface area (Å²) in [6.45, 7) is 2.80. The van der Waals surface area contributed by atoms with Gasteiger partial charge in [0.05, 0.1) is 0 Å². The molecule has 4 N–H and O–H groups in total. The standard InChI is InChI=1S/C18H18N6/c1-11(12-6-2-4-8-14(12)19)10-20-18-22-17-16(23-24-18)13-7-3-5-9-15(13)21-17/h2-9,11H,10,19H2,1H3,(H2,20,21,22,24). The number of nitrogens with two attached hydrogens (primary N) is 1. The average molecular weight is 318 g/mol. The summed E-state index contributed by atoms with van der Waals surface area (Å²) < 4.78 is 0. The molecule has 6 heteroatoms.